The molecule has 1 aliphatic rings. The van der Waals surface area contributed by atoms with Crippen LogP contribution in [0.3, 0.4) is 0 Å². The molecular weight excluding hydrogens is 317 g/mol. The molecule has 1 saturated heterocycles. The van der Waals surface area contributed by atoms with E-state index in [2.05, 4.69) is 15.3 Å². The molecule has 1 atom stereocenters. The number of piperidine rings is 1. The lowest BCUT2D eigenvalue weighted by Crippen LogP contribution is -2.42. The van der Waals surface area contributed by atoms with Crippen LogP contribution in [-0.4, -0.2) is 29.0 Å². The summed E-state index contributed by atoms with van der Waals surface area (Å²) < 4.78 is 5.35. The van der Waals surface area contributed by atoms with Gasteiger partial charge in [-0.2, -0.15) is 0 Å². The molecule has 0 aliphatic carbocycles. The minimum atomic E-state index is 0. The van der Waals surface area contributed by atoms with Gasteiger partial charge in [0, 0.05) is 24.5 Å². The average molecular weight is 336 g/mol. The highest BCUT2D eigenvalue weighted by Crippen LogP contribution is 2.24. The number of thiazole rings is 1. The van der Waals surface area contributed by atoms with Gasteiger partial charge in [0.2, 0.25) is 0 Å². The number of nitrogens with two attached hydrogens (primary N) is 1. The van der Waals surface area contributed by atoms with Crippen molar-refractivity contribution in [3.8, 4) is 10.8 Å². The molecule has 2 aromatic rings. The molecule has 3 rings (SSSR count). The first-order valence-corrected chi connectivity index (χ1v) is 7.15. The summed E-state index contributed by atoms with van der Waals surface area (Å²) in [4.78, 5) is 7.00. The summed E-state index contributed by atoms with van der Waals surface area (Å²) in [5, 5.41) is 3.06. The van der Waals surface area contributed by atoms with E-state index >= 15 is 0 Å². The van der Waals surface area contributed by atoms with Crippen molar-refractivity contribution < 1.29 is 4.42 Å². The Morgan fingerprint density at radius 3 is 3.00 bits per heavy atom. The third-order valence-electron chi connectivity index (χ3n) is 3.21. The van der Waals surface area contributed by atoms with Crippen LogP contribution in [0.1, 0.15) is 18.5 Å². The van der Waals surface area contributed by atoms with Gasteiger partial charge < -0.3 is 10.2 Å². The Balaban J connectivity index is 0.000001000. The number of aromatic nitrogens is 1. The number of hydrogen-bond acceptors (Lipinski definition) is 5. The quantitative estimate of drug-likeness (QED) is 0.935. The van der Waals surface area contributed by atoms with E-state index in [0.717, 1.165) is 42.5 Å². The molecule has 7 heteroatoms. The largest absolute Gasteiger partial charge is 0.462 e. The third kappa shape index (κ3) is 4.20. The van der Waals surface area contributed by atoms with Crippen LogP contribution in [0.2, 0.25) is 0 Å². The summed E-state index contributed by atoms with van der Waals surface area (Å²) >= 11 is 1.63. The number of rotatable bonds is 3. The predicted molar refractivity (Wildman–Crippen MR) is 86.8 cm³/mol. The van der Waals surface area contributed by atoms with Crippen molar-refractivity contribution in [2.75, 3.05) is 13.1 Å². The van der Waals surface area contributed by atoms with Crippen molar-refractivity contribution in [2.24, 2.45) is 5.73 Å². The topological polar surface area (TPSA) is 55.3 Å². The summed E-state index contributed by atoms with van der Waals surface area (Å²) in [6.07, 6.45) is 4.02. The van der Waals surface area contributed by atoms with Crippen molar-refractivity contribution in [1.82, 2.24) is 9.88 Å². The number of hydrogen-bond donors (Lipinski definition) is 1. The van der Waals surface area contributed by atoms with Crippen LogP contribution < -0.4 is 5.73 Å². The molecule has 0 unspecified atom stereocenters. The Morgan fingerprint density at radius 1 is 1.45 bits per heavy atom. The molecule has 0 spiro atoms. The van der Waals surface area contributed by atoms with Gasteiger partial charge in [0.15, 0.2) is 10.8 Å². The SMILES string of the molecule is Cl.Cl.N[C@@H]1CCCN(Cc2csc(-c3ccco3)n2)C1. The van der Waals surface area contributed by atoms with E-state index in [1.807, 2.05) is 12.1 Å². The maximum Gasteiger partial charge on any atom is 0.162 e. The summed E-state index contributed by atoms with van der Waals surface area (Å²) in [6.45, 7) is 3.00. The summed E-state index contributed by atoms with van der Waals surface area (Å²) in [5.41, 5.74) is 7.10. The Bertz CT molecular complexity index is 503. The highest BCUT2D eigenvalue weighted by atomic mass is 35.5. The van der Waals surface area contributed by atoms with Gasteiger partial charge in [0.1, 0.15) is 0 Å². The fraction of sp³-hybridized carbons (Fsp3) is 0.462. The predicted octanol–water partition coefficient (Wildman–Crippen LogP) is 3.17. The average Bonchev–Trinajstić information content (AvgIpc) is 2.98. The second-order valence-electron chi connectivity index (χ2n) is 4.76. The van der Waals surface area contributed by atoms with Crippen LogP contribution >= 0.6 is 36.2 Å². The van der Waals surface area contributed by atoms with Gasteiger partial charge in [-0.15, -0.1) is 36.2 Å². The molecule has 0 saturated carbocycles. The van der Waals surface area contributed by atoms with E-state index in [4.69, 9.17) is 10.2 Å². The zero-order valence-corrected chi connectivity index (χ0v) is 13.5. The fourth-order valence-corrected chi connectivity index (χ4v) is 3.13. The first-order chi connectivity index (χ1) is 8.81. The van der Waals surface area contributed by atoms with Crippen molar-refractivity contribution >= 4 is 36.2 Å². The highest BCUT2D eigenvalue weighted by molar-refractivity contribution is 7.13. The van der Waals surface area contributed by atoms with Crippen LogP contribution in [0.4, 0.5) is 0 Å². The Kier molecular flexibility index (Phi) is 6.99. The molecule has 112 valence electrons. The third-order valence-corrected chi connectivity index (χ3v) is 4.12. The van der Waals surface area contributed by atoms with Crippen molar-refractivity contribution in [2.45, 2.75) is 25.4 Å². The number of likely N-dealkylation sites (tertiary alicyclic amines) is 1. The lowest BCUT2D eigenvalue weighted by atomic mass is 10.1. The van der Waals surface area contributed by atoms with E-state index in [1.165, 1.54) is 6.42 Å². The number of halogens is 2. The molecule has 0 aromatic carbocycles. The van der Waals surface area contributed by atoms with E-state index < -0.39 is 0 Å². The van der Waals surface area contributed by atoms with Crippen LogP contribution in [0.5, 0.6) is 0 Å². The van der Waals surface area contributed by atoms with Gasteiger partial charge >= 0.3 is 0 Å². The first kappa shape index (κ1) is 17.5. The summed E-state index contributed by atoms with van der Waals surface area (Å²) in [7, 11) is 0. The van der Waals surface area contributed by atoms with E-state index in [9.17, 15) is 0 Å². The zero-order valence-electron chi connectivity index (χ0n) is 11.0. The molecule has 1 fully saturated rings. The summed E-state index contributed by atoms with van der Waals surface area (Å²) in [6, 6.07) is 4.15. The highest BCUT2D eigenvalue weighted by Gasteiger charge is 2.18. The van der Waals surface area contributed by atoms with E-state index in [0.29, 0.717) is 6.04 Å². The lowest BCUT2D eigenvalue weighted by Gasteiger charge is -2.29. The summed E-state index contributed by atoms with van der Waals surface area (Å²) in [5.74, 6) is 0.849. The Morgan fingerprint density at radius 2 is 2.30 bits per heavy atom. The van der Waals surface area contributed by atoms with Gasteiger partial charge in [0.25, 0.3) is 0 Å². The van der Waals surface area contributed by atoms with Gasteiger partial charge in [-0.1, -0.05) is 0 Å². The molecule has 20 heavy (non-hydrogen) atoms. The van der Waals surface area contributed by atoms with Gasteiger partial charge in [0.05, 0.1) is 12.0 Å². The molecule has 4 nitrogen and oxygen atoms in total. The monoisotopic (exact) mass is 335 g/mol. The second-order valence-corrected chi connectivity index (χ2v) is 5.62. The molecule has 0 radical (unpaired) electrons. The molecular formula is C13H19Cl2N3OS. The fourth-order valence-electron chi connectivity index (χ4n) is 2.36. The van der Waals surface area contributed by atoms with Crippen LogP contribution in [0.25, 0.3) is 10.8 Å². The number of furan rings is 1. The van der Waals surface area contributed by atoms with Gasteiger partial charge in [-0.25, -0.2) is 4.98 Å². The maximum atomic E-state index is 5.99. The normalized spacial score (nSPS) is 19.1. The Labute approximate surface area is 135 Å². The van der Waals surface area contributed by atoms with Crippen LogP contribution in [-0.2, 0) is 6.54 Å². The van der Waals surface area contributed by atoms with Crippen LogP contribution in [0, 0.1) is 0 Å². The second kappa shape index (κ2) is 8.00. The minimum absolute atomic E-state index is 0. The Hall–Kier alpha value is -0.590. The maximum absolute atomic E-state index is 5.99. The van der Waals surface area contributed by atoms with Gasteiger partial charge in [-0.05, 0) is 31.5 Å². The number of nitrogens with zero attached hydrogens (tertiary/aromatic N) is 2. The minimum Gasteiger partial charge on any atom is -0.462 e. The van der Waals surface area contributed by atoms with E-state index in [-0.39, 0.29) is 24.8 Å². The molecule has 0 amide bonds. The zero-order chi connectivity index (χ0) is 12.4. The molecule has 2 N–H and O–H groups in total. The molecule has 1 aliphatic heterocycles. The van der Waals surface area contributed by atoms with Crippen molar-refractivity contribution in [3.05, 3.63) is 29.5 Å². The smallest absolute Gasteiger partial charge is 0.162 e. The van der Waals surface area contributed by atoms with Crippen molar-refractivity contribution in [1.29, 1.82) is 0 Å². The van der Waals surface area contributed by atoms with Crippen molar-refractivity contribution in [3.63, 3.8) is 0 Å². The lowest BCUT2D eigenvalue weighted by molar-refractivity contribution is 0.200. The molecule has 3 heterocycles. The van der Waals surface area contributed by atoms with E-state index in [1.54, 1.807) is 17.6 Å². The first-order valence-electron chi connectivity index (χ1n) is 6.27. The van der Waals surface area contributed by atoms with Crippen LogP contribution in [0.15, 0.2) is 28.2 Å². The standard InChI is InChI=1S/C13H17N3OS.2ClH/c14-10-3-1-5-16(7-10)8-11-9-18-13(15-11)12-4-2-6-17-12;;/h2,4,6,9-10H,1,3,5,7-8,14H2;2*1H/t10-;;/m1../s1. The molecule has 2 aromatic heterocycles. The van der Waals surface area contributed by atoms with Gasteiger partial charge in [-0.3, -0.25) is 4.90 Å². The molecule has 0 bridgehead atoms.